The summed E-state index contributed by atoms with van der Waals surface area (Å²) in [6, 6.07) is 9.42. The van der Waals surface area contributed by atoms with E-state index < -0.39 is 5.60 Å². The van der Waals surface area contributed by atoms with Crippen molar-refractivity contribution in [1.29, 1.82) is 5.26 Å². The smallest absolute Gasteiger partial charge is 0.332 e. The van der Waals surface area contributed by atoms with Crippen LogP contribution < -0.4 is 0 Å². The van der Waals surface area contributed by atoms with Crippen molar-refractivity contribution in [3.05, 3.63) is 35.4 Å². The number of hydrogen-bond donors (Lipinski definition) is 0. The van der Waals surface area contributed by atoms with Gasteiger partial charge in [0.1, 0.15) is 12.2 Å². The van der Waals surface area contributed by atoms with E-state index in [1.54, 1.807) is 6.07 Å². The molecule has 0 unspecified atom stereocenters. The number of carbonyl (C=O) groups excluding carboxylic acids is 1. The van der Waals surface area contributed by atoms with Gasteiger partial charge in [0.25, 0.3) is 0 Å². The van der Waals surface area contributed by atoms with Gasteiger partial charge < -0.3 is 9.47 Å². The van der Waals surface area contributed by atoms with Crippen molar-refractivity contribution in [2.75, 3.05) is 13.2 Å². The molecule has 0 aliphatic heterocycles. The molecule has 0 atom stereocenters. The summed E-state index contributed by atoms with van der Waals surface area (Å²) in [5.74, 6) is -0.363. The minimum absolute atomic E-state index is 0.0464. The zero-order valence-corrected chi connectivity index (χ0v) is 11.6. The third kappa shape index (κ3) is 6.58. The first kappa shape index (κ1) is 15.2. The van der Waals surface area contributed by atoms with Crippen LogP contribution in [0.2, 0.25) is 0 Å². The Kier molecular flexibility index (Phi) is 5.53. The zero-order valence-electron chi connectivity index (χ0n) is 11.6. The predicted octanol–water partition coefficient (Wildman–Crippen LogP) is 2.46. The van der Waals surface area contributed by atoms with Gasteiger partial charge in [0.2, 0.25) is 0 Å². The van der Waals surface area contributed by atoms with Gasteiger partial charge in [0.15, 0.2) is 0 Å². The predicted molar refractivity (Wildman–Crippen MR) is 71.5 cm³/mol. The van der Waals surface area contributed by atoms with Crippen LogP contribution in [0.15, 0.2) is 24.3 Å². The molecule has 1 rings (SSSR count). The van der Waals surface area contributed by atoms with Gasteiger partial charge in [-0.1, -0.05) is 12.1 Å². The van der Waals surface area contributed by atoms with Gasteiger partial charge in [0.05, 0.1) is 18.2 Å². The van der Waals surface area contributed by atoms with Gasteiger partial charge in [0, 0.05) is 0 Å². The molecule has 0 bridgehead atoms. The van der Waals surface area contributed by atoms with E-state index in [2.05, 4.69) is 6.07 Å². The van der Waals surface area contributed by atoms with Crippen molar-refractivity contribution in [2.45, 2.75) is 32.8 Å². The Hall–Kier alpha value is -1.86. The van der Waals surface area contributed by atoms with Crippen LogP contribution in [0.4, 0.5) is 0 Å². The largest absolute Gasteiger partial charge is 0.458 e. The Morgan fingerprint density at radius 2 is 2.11 bits per heavy atom. The SMILES string of the molecule is CC(C)(C)OC(=O)COCCc1cccc(C#N)c1. The number of ether oxygens (including phenoxy) is 2. The van der Waals surface area contributed by atoms with Gasteiger partial charge >= 0.3 is 5.97 Å². The lowest BCUT2D eigenvalue weighted by Crippen LogP contribution is -2.26. The minimum atomic E-state index is -0.485. The molecule has 0 fully saturated rings. The van der Waals surface area contributed by atoms with Gasteiger partial charge in [-0.15, -0.1) is 0 Å². The molecule has 1 aromatic carbocycles. The average molecular weight is 261 g/mol. The van der Waals surface area contributed by atoms with E-state index in [1.165, 1.54) is 0 Å². The summed E-state index contributed by atoms with van der Waals surface area (Å²) in [6.45, 7) is 5.83. The third-order valence-corrected chi connectivity index (χ3v) is 2.23. The molecule has 19 heavy (non-hydrogen) atoms. The summed E-state index contributed by atoms with van der Waals surface area (Å²) >= 11 is 0. The van der Waals surface area contributed by atoms with Crippen molar-refractivity contribution in [3.63, 3.8) is 0 Å². The number of benzene rings is 1. The second kappa shape index (κ2) is 6.91. The molecule has 0 heterocycles. The molecule has 102 valence electrons. The van der Waals surface area contributed by atoms with E-state index in [0.717, 1.165) is 5.56 Å². The van der Waals surface area contributed by atoms with Gasteiger partial charge in [-0.2, -0.15) is 5.26 Å². The van der Waals surface area contributed by atoms with E-state index in [1.807, 2.05) is 39.0 Å². The molecule has 0 spiro atoms. The van der Waals surface area contributed by atoms with Crippen molar-refractivity contribution in [2.24, 2.45) is 0 Å². The van der Waals surface area contributed by atoms with E-state index in [4.69, 9.17) is 14.7 Å². The number of rotatable bonds is 5. The molecular formula is C15H19NO3. The lowest BCUT2D eigenvalue weighted by Gasteiger charge is -2.19. The number of nitriles is 1. The Balaban J connectivity index is 2.28. The second-order valence-corrected chi connectivity index (χ2v) is 5.20. The van der Waals surface area contributed by atoms with Gasteiger partial charge in [-0.05, 0) is 44.9 Å². The highest BCUT2D eigenvalue weighted by Crippen LogP contribution is 2.07. The molecule has 0 amide bonds. The summed E-state index contributed by atoms with van der Waals surface area (Å²) in [6.07, 6.45) is 0.665. The Morgan fingerprint density at radius 1 is 1.37 bits per heavy atom. The molecule has 0 aliphatic carbocycles. The topological polar surface area (TPSA) is 59.3 Å². The zero-order chi connectivity index (χ0) is 14.3. The maximum Gasteiger partial charge on any atom is 0.332 e. The third-order valence-electron chi connectivity index (χ3n) is 2.23. The van der Waals surface area contributed by atoms with Crippen LogP contribution in [0.5, 0.6) is 0 Å². The van der Waals surface area contributed by atoms with Crippen molar-refractivity contribution in [3.8, 4) is 6.07 Å². The number of esters is 1. The van der Waals surface area contributed by atoms with Crippen LogP contribution in [0.3, 0.4) is 0 Å². The fourth-order valence-corrected chi connectivity index (χ4v) is 1.51. The molecule has 0 radical (unpaired) electrons. The van der Waals surface area contributed by atoms with E-state index in [9.17, 15) is 4.79 Å². The Labute approximate surface area is 113 Å². The summed E-state index contributed by atoms with van der Waals surface area (Å²) in [7, 11) is 0. The molecule has 1 aromatic rings. The fourth-order valence-electron chi connectivity index (χ4n) is 1.51. The van der Waals surface area contributed by atoms with E-state index in [-0.39, 0.29) is 12.6 Å². The van der Waals surface area contributed by atoms with Crippen LogP contribution >= 0.6 is 0 Å². The Bertz CT molecular complexity index is 469. The number of nitrogens with zero attached hydrogens (tertiary/aromatic N) is 1. The van der Waals surface area contributed by atoms with Crippen LogP contribution in [-0.4, -0.2) is 24.8 Å². The summed E-state index contributed by atoms with van der Waals surface area (Å²) < 4.78 is 10.4. The van der Waals surface area contributed by atoms with Crippen LogP contribution in [0.1, 0.15) is 31.9 Å². The fraction of sp³-hybridized carbons (Fsp3) is 0.467. The summed E-state index contributed by atoms with van der Waals surface area (Å²) in [5, 5.41) is 8.77. The number of carbonyl (C=O) groups is 1. The first-order chi connectivity index (χ1) is 8.90. The molecule has 0 N–H and O–H groups in total. The maximum absolute atomic E-state index is 11.4. The molecule has 0 saturated heterocycles. The lowest BCUT2D eigenvalue weighted by atomic mass is 10.1. The Morgan fingerprint density at radius 3 is 2.74 bits per heavy atom. The van der Waals surface area contributed by atoms with Crippen LogP contribution in [0.25, 0.3) is 0 Å². The van der Waals surface area contributed by atoms with Crippen molar-refractivity contribution < 1.29 is 14.3 Å². The van der Waals surface area contributed by atoms with Gasteiger partial charge in [-0.3, -0.25) is 0 Å². The highest BCUT2D eigenvalue weighted by molar-refractivity contribution is 5.71. The molecule has 4 heteroatoms. The summed E-state index contributed by atoms with van der Waals surface area (Å²) in [5.41, 5.74) is 1.16. The highest BCUT2D eigenvalue weighted by Gasteiger charge is 2.15. The second-order valence-electron chi connectivity index (χ2n) is 5.20. The van der Waals surface area contributed by atoms with E-state index in [0.29, 0.717) is 18.6 Å². The highest BCUT2D eigenvalue weighted by atomic mass is 16.6. The molecular weight excluding hydrogens is 242 g/mol. The average Bonchev–Trinajstić information content (AvgIpc) is 2.33. The standard InChI is InChI=1S/C15H19NO3/c1-15(2,3)19-14(17)11-18-8-7-12-5-4-6-13(9-12)10-16/h4-6,9H,7-8,11H2,1-3H3. The molecule has 0 aliphatic rings. The first-order valence-electron chi connectivity index (χ1n) is 6.19. The van der Waals surface area contributed by atoms with E-state index >= 15 is 0 Å². The van der Waals surface area contributed by atoms with Gasteiger partial charge in [-0.25, -0.2) is 4.79 Å². The molecule has 0 saturated carbocycles. The van der Waals surface area contributed by atoms with Crippen LogP contribution in [0, 0.1) is 11.3 Å². The normalized spacial score (nSPS) is 10.8. The maximum atomic E-state index is 11.4. The molecule has 4 nitrogen and oxygen atoms in total. The summed E-state index contributed by atoms with van der Waals surface area (Å²) in [4.78, 5) is 11.4. The van der Waals surface area contributed by atoms with Crippen LogP contribution in [-0.2, 0) is 20.7 Å². The number of hydrogen-bond acceptors (Lipinski definition) is 4. The minimum Gasteiger partial charge on any atom is -0.458 e. The lowest BCUT2D eigenvalue weighted by molar-refractivity contribution is -0.160. The monoisotopic (exact) mass is 261 g/mol. The van der Waals surface area contributed by atoms with Crippen molar-refractivity contribution in [1.82, 2.24) is 0 Å². The molecule has 0 aromatic heterocycles. The quantitative estimate of drug-likeness (QED) is 0.603. The van der Waals surface area contributed by atoms with Crippen molar-refractivity contribution >= 4 is 5.97 Å². The first-order valence-corrected chi connectivity index (χ1v) is 6.19.